The Morgan fingerprint density at radius 2 is 1.81 bits per heavy atom. The quantitative estimate of drug-likeness (QED) is 0.762. The molecule has 0 aliphatic carbocycles. The predicted molar refractivity (Wildman–Crippen MR) is 95.2 cm³/mol. The molecule has 0 radical (unpaired) electrons. The molecule has 1 amide bonds. The number of rotatable bonds is 5. The molecule has 1 aromatic heterocycles. The summed E-state index contributed by atoms with van der Waals surface area (Å²) in [6.45, 7) is 5.20. The summed E-state index contributed by atoms with van der Waals surface area (Å²) in [6.07, 6.45) is 1.22. The van der Waals surface area contributed by atoms with Crippen LogP contribution in [0.5, 0.6) is 11.7 Å². The number of aryl methyl sites for hydroxylation is 1. The lowest BCUT2D eigenvalue weighted by molar-refractivity contribution is -0.149. The van der Waals surface area contributed by atoms with E-state index in [-0.39, 0.29) is 29.5 Å². The van der Waals surface area contributed by atoms with Crippen LogP contribution >= 0.6 is 0 Å². The number of hydrogen-bond donors (Lipinski definition) is 0. The van der Waals surface area contributed by atoms with E-state index < -0.39 is 0 Å². The van der Waals surface area contributed by atoms with E-state index in [1.54, 1.807) is 24.0 Å². The standard InChI is InChI=1S/C20H23NO5/c1-3-24-20(23)15-10-12-21(13-11-15)19(22)17-8-9-18(26-17)25-16-6-4-14(2)5-7-16/h4-9,15H,3,10-13H2,1-2H3. The van der Waals surface area contributed by atoms with Gasteiger partial charge in [-0.3, -0.25) is 9.59 Å². The van der Waals surface area contributed by atoms with Crippen molar-refractivity contribution in [2.24, 2.45) is 5.92 Å². The zero-order valence-electron chi connectivity index (χ0n) is 15.1. The predicted octanol–water partition coefficient (Wildman–Crippen LogP) is 3.80. The highest BCUT2D eigenvalue weighted by atomic mass is 16.6. The molecule has 2 aromatic rings. The van der Waals surface area contributed by atoms with Crippen molar-refractivity contribution in [1.29, 1.82) is 0 Å². The molecule has 26 heavy (non-hydrogen) atoms. The van der Waals surface area contributed by atoms with Gasteiger partial charge in [-0.15, -0.1) is 0 Å². The van der Waals surface area contributed by atoms with E-state index in [0.717, 1.165) is 5.56 Å². The second kappa shape index (κ2) is 8.08. The molecule has 6 nitrogen and oxygen atoms in total. The van der Waals surface area contributed by atoms with Gasteiger partial charge in [-0.2, -0.15) is 0 Å². The van der Waals surface area contributed by atoms with Crippen molar-refractivity contribution < 1.29 is 23.5 Å². The molecule has 0 atom stereocenters. The van der Waals surface area contributed by atoms with Crippen molar-refractivity contribution in [1.82, 2.24) is 4.90 Å². The third kappa shape index (κ3) is 4.25. The van der Waals surface area contributed by atoms with Gasteiger partial charge in [-0.25, -0.2) is 0 Å². The normalized spacial score (nSPS) is 14.9. The number of nitrogens with zero attached hydrogens (tertiary/aromatic N) is 1. The van der Waals surface area contributed by atoms with E-state index in [1.165, 1.54) is 0 Å². The molecule has 1 saturated heterocycles. The number of amides is 1. The summed E-state index contributed by atoms with van der Waals surface area (Å²) < 4.78 is 16.2. The summed E-state index contributed by atoms with van der Waals surface area (Å²) in [7, 11) is 0. The van der Waals surface area contributed by atoms with Crippen LogP contribution in [-0.4, -0.2) is 36.5 Å². The number of esters is 1. The molecule has 1 aromatic carbocycles. The van der Waals surface area contributed by atoms with E-state index in [4.69, 9.17) is 13.9 Å². The second-order valence-electron chi connectivity index (χ2n) is 6.35. The Balaban J connectivity index is 1.57. The minimum Gasteiger partial charge on any atom is -0.466 e. The number of furan rings is 1. The summed E-state index contributed by atoms with van der Waals surface area (Å²) in [5.74, 6) is 0.674. The zero-order valence-corrected chi connectivity index (χ0v) is 15.1. The molecule has 0 N–H and O–H groups in total. The van der Waals surface area contributed by atoms with Gasteiger partial charge >= 0.3 is 5.97 Å². The largest absolute Gasteiger partial charge is 0.466 e. The Labute approximate surface area is 152 Å². The molecular formula is C20H23NO5. The smallest absolute Gasteiger partial charge is 0.309 e. The average Bonchev–Trinajstić information content (AvgIpc) is 3.12. The van der Waals surface area contributed by atoms with Gasteiger partial charge < -0.3 is 18.8 Å². The SMILES string of the molecule is CCOC(=O)C1CCN(C(=O)c2ccc(Oc3ccc(C)cc3)o2)CC1. The third-order valence-corrected chi connectivity index (χ3v) is 4.43. The molecule has 2 heterocycles. The highest BCUT2D eigenvalue weighted by Crippen LogP contribution is 2.26. The lowest BCUT2D eigenvalue weighted by Crippen LogP contribution is -2.40. The van der Waals surface area contributed by atoms with Crippen molar-refractivity contribution in [3.63, 3.8) is 0 Å². The van der Waals surface area contributed by atoms with E-state index >= 15 is 0 Å². The van der Waals surface area contributed by atoms with Crippen LogP contribution in [0, 0.1) is 12.8 Å². The lowest BCUT2D eigenvalue weighted by atomic mass is 9.97. The number of carbonyl (C=O) groups is 2. The summed E-state index contributed by atoms with van der Waals surface area (Å²) in [4.78, 5) is 26.1. The van der Waals surface area contributed by atoms with Gasteiger partial charge in [0, 0.05) is 19.2 Å². The summed E-state index contributed by atoms with van der Waals surface area (Å²) in [6, 6.07) is 10.8. The van der Waals surface area contributed by atoms with E-state index in [1.807, 2.05) is 31.2 Å². The van der Waals surface area contributed by atoms with Crippen molar-refractivity contribution in [2.45, 2.75) is 26.7 Å². The van der Waals surface area contributed by atoms with Gasteiger partial charge in [0.2, 0.25) is 0 Å². The number of benzene rings is 1. The number of ether oxygens (including phenoxy) is 2. The Morgan fingerprint density at radius 1 is 1.12 bits per heavy atom. The van der Waals surface area contributed by atoms with Crippen LogP contribution in [0.2, 0.25) is 0 Å². The second-order valence-corrected chi connectivity index (χ2v) is 6.35. The molecule has 1 aliphatic heterocycles. The van der Waals surface area contributed by atoms with Crippen LogP contribution in [0.4, 0.5) is 0 Å². The highest BCUT2D eigenvalue weighted by molar-refractivity contribution is 5.91. The summed E-state index contributed by atoms with van der Waals surface area (Å²) in [5, 5.41) is 0. The van der Waals surface area contributed by atoms with Gasteiger partial charge in [-0.05, 0) is 44.9 Å². The molecular weight excluding hydrogens is 334 g/mol. The van der Waals surface area contributed by atoms with Crippen LogP contribution < -0.4 is 4.74 Å². The maximum atomic E-state index is 12.6. The zero-order chi connectivity index (χ0) is 18.5. The number of hydrogen-bond acceptors (Lipinski definition) is 5. The number of carbonyl (C=O) groups excluding carboxylic acids is 2. The van der Waals surface area contributed by atoms with Crippen molar-refractivity contribution in [2.75, 3.05) is 19.7 Å². The van der Waals surface area contributed by atoms with Crippen LogP contribution in [0.15, 0.2) is 40.8 Å². The average molecular weight is 357 g/mol. The van der Waals surface area contributed by atoms with Crippen LogP contribution in [0.1, 0.15) is 35.9 Å². The molecule has 3 rings (SSSR count). The van der Waals surface area contributed by atoms with Crippen LogP contribution in [0.25, 0.3) is 0 Å². The van der Waals surface area contributed by atoms with Gasteiger partial charge in [-0.1, -0.05) is 17.7 Å². The first-order valence-electron chi connectivity index (χ1n) is 8.87. The first-order valence-corrected chi connectivity index (χ1v) is 8.87. The molecule has 0 saturated carbocycles. The van der Waals surface area contributed by atoms with Crippen molar-refractivity contribution in [3.8, 4) is 11.7 Å². The first kappa shape index (κ1) is 18.0. The van der Waals surface area contributed by atoms with Crippen molar-refractivity contribution >= 4 is 11.9 Å². The third-order valence-electron chi connectivity index (χ3n) is 4.43. The molecule has 138 valence electrons. The summed E-state index contributed by atoms with van der Waals surface area (Å²) in [5.41, 5.74) is 1.14. The van der Waals surface area contributed by atoms with Gasteiger partial charge in [0.25, 0.3) is 11.9 Å². The highest BCUT2D eigenvalue weighted by Gasteiger charge is 2.29. The van der Waals surface area contributed by atoms with Gasteiger partial charge in [0.1, 0.15) is 5.75 Å². The molecule has 0 unspecified atom stereocenters. The van der Waals surface area contributed by atoms with Gasteiger partial charge in [0.05, 0.1) is 12.5 Å². The van der Waals surface area contributed by atoms with Crippen LogP contribution in [0.3, 0.4) is 0 Å². The molecule has 0 bridgehead atoms. The van der Waals surface area contributed by atoms with E-state index in [9.17, 15) is 9.59 Å². The maximum Gasteiger partial charge on any atom is 0.309 e. The maximum absolute atomic E-state index is 12.6. The monoisotopic (exact) mass is 357 g/mol. The molecule has 6 heteroatoms. The van der Waals surface area contributed by atoms with E-state index in [0.29, 0.717) is 38.3 Å². The number of piperidine rings is 1. The van der Waals surface area contributed by atoms with E-state index in [2.05, 4.69) is 0 Å². The fraction of sp³-hybridized carbons (Fsp3) is 0.400. The van der Waals surface area contributed by atoms with Crippen molar-refractivity contribution in [3.05, 3.63) is 47.7 Å². The Bertz CT molecular complexity index is 757. The topological polar surface area (TPSA) is 69.0 Å². The Morgan fingerprint density at radius 3 is 2.46 bits per heavy atom. The molecule has 0 spiro atoms. The molecule has 1 aliphatic rings. The minimum absolute atomic E-state index is 0.129. The molecule has 1 fully saturated rings. The van der Waals surface area contributed by atoms with Gasteiger partial charge in [0.15, 0.2) is 5.76 Å². The Hall–Kier alpha value is -2.76. The fourth-order valence-electron chi connectivity index (χ4n) is 2.95. The first-order chi connectivity index (χ1) is 12.6. The lowest BCUT2D eigenvalue weighted by Gasteiger charge is -2.30. The Kier molecular flexibility index (Phi) is 5.61. The minimum atomic E-state index is -0.189. The number of likely N-dealkylation sites (tertiary alicyclic amines) is 1. The summed E-state index contributed by atoms with van der Waals surface area (Å²) >= 11 is 0. The fourth-order valence-corrected chi connectivity index (χ4v) is 2.95. The van der Waals surface area contributed by atoms with Crippen LogP contribution in [-0.2, 0) is 9.53 Å².